The molecule has 234 valence electrons. The van der Waals surface area contributed by atoms with E-state index in [2.05, 4.69) is 55.5 Å². The van der Waals surface area contributed by atoms with Crippen molar-refractivity contribution in [3.63, 3.8) is 0 Å². The predicted molar refractivity (Wildman–Crippen MR) is 173 cm³/mol. The number of aryl methyl sites for hydroxylation is 2. The SMILES string of the molecule is Cn1cnc(-c2ccc(C3=CCN(C(=O)CN4CC[C@]5(CCN(c6ccc7c(c6)C(c6cnn(C)n6)=NC7)C5=O)C4)CC3)cc2)n1. The lowest BCUT2D eigenvalue weighted by Crippen LogP contribution is -2.43. The van der Waals surface area contributed by atoms with E-state index in [9.17, 15) is 9.59 Å². The van der Waals surface area contributed by atoms with E-state index in [0.29, 0.717) is 45.1 Å². The Labute approximate surface area is 267 Å². The van der Waals surface area contributed by atoms with Crippen LogP contribution in [0.15, 0.2) is 66.1 Å². The van der Waals surface area contributed by atoms with Crippen LogP contribution in [0.4, 0.5) is 5.69 Å². The van der Waals surface area contributed by atoms with Gasteiger partial charge in [-0.15, -0.1) is 0 Å². The number of rotatable bonds is 6. The van der Waals surface area contributed by atoms with Gasteiger partial charge in [-0.2, -0.15) is 20.1 Å². The Morgan fingerprint density at radius 2 is 1.80 bits per heavy atom. The van der Waals surface area contributed by atoms with Crippen molar-refractivity contribution in [2.75, 3.05) is 44.2 Å². The van der Waals surface area contributed by atoms with Gasteiger partial charge in [0, 0.05) is 57.1 Å². The van der Waals surface area contributed by atoms with E-state index < -0.39 is 5.41 Å². The third kappa shape index (κ3) is 5.02. The van der Waals surface area contributed by atoms with Gasteiger partial charge in [0.05, 0.1) is 30.4 Å². The van der Waals surface area contributed by atoms with Gasteiger partial charge in [0.25, 0.3) is 0 Å². The quantitative estimate of drug-likeness (QED) is 0.327. The number of nitrogens with zero attached hydrogens (tertiary/aromatic N) is 10. The van der Waals surface area contributed by atoms with Crippen molar-refractivity contribution in [2.45, 2.75) is 25.8 Å². The van der Waals surface area contributed by atoms with Gasteiger partial charge in [-0.05, 0) is 54.6 Å². The molecule has 4 aliphatic rings. The van der Waals surface area contributed by atoms with Crippen molar-refractivity contribution in [2.24, 2.45) is 24.5 Å². The number of carbonyl (C=O) groups is 2. The van der Waals surface area contributed by atoms with Crippen LogP contribution in [-0.2, 0) is 30.2 Å². The summed E-state index contributed by atoms with van der Waals surface area (Å²) >= 11 is 0. The zero-order chi connectivity index (χ0) is 31.4. The number of anilines is 1. The molecule has 2 aromatic heterocycles. The summed E-state index contributed by atoms with van der Waals surface area (Å²) in [6.45, 7) is 4.30. The topological polar surface area (TPSA) is 118 Å². The largest absolute Gasteiger partial charge is 0.338 e. The number of hydrogen-bond donors (Lipinski definition) is 0. The Bertz CT molecular complexity index is 1900. The van der Waals surface area contributed by atoms with Crippen molar-refractivity contribution >= 4 is 28.8 Å². The first-order chi connectivity index (χ1) is 22.3. The van der Waals surface area contributed by atoms with Crippen LogP contribution in [0, 0.1) is 5.41 Å². The summed E-state index contributed by atoms with van der Waals surface area (Å²) in [5.41, 5.74) is 7.58. The minimum absolute atomic E-state index is 0.126. The number of benzene rings is 2. The van der Waals surface area contributed by atoms with Gasteiger partial charge in [0.1, 0.15) is 12.0 Å². The van der Waals surface area contributed by atoms with Crippen LogP contribution < -0.4 is 4.90 Å². The van der Waals surface area contributed by atoms with Crippen molar-refractivity contribution in [3.8, 4) is 11.4 Å². The van der Waals surface area contributed by atoms with E-state index in [4.69, 9.17) is 4.99 Å². The van der Waals surface area contributed by atoms with Crippen molar-refractivity contribution in [3.05, 3.63) is 83.4 Å². The highest BCUT2D eigenvalue weighted by atomic mass is 16.2. The molecule has 0 unspecified atom stereocenters. The zero-order valence-electron chi connectivity index (χ0n) is 26.1. The van der Waals surface area contributed by atoms with Gasteiger partial charge in [-0.1, -0.05) is 36.4 Å². The third-order valence-corrected chi connectivity index (χ3v) is 9.89. The van der Waals surface area contributed by atoms with Crippen molar-refractivity contribution in [1.29, 1.82) is 0 Å². The molecule has 0 radical (unpaired) electrons. The molecule has 0 saturated carbocycles. The average molecular weight is 617 g/mol. The molecule has 2 fully saturated rings. The normalized spacial score (nSPS) is 21.3. The van der Waals surface area contributed by atoms with Gasteiger partial charge in [0.15, 0.2) is 5.82 Å². The van der Waals surface area contributed by atoms with Crippen LogP contribution in [0.1, 0.15) is 41.6 Å². The highest BCUT2D eigenvalue weighted by molar-refractivity contribution is 6.14. The molecular formula is C34H36N10O2. The number of fused-ring (bicyclic) bond motifs is 1. The van der Waals surface area contributed by atoms with Crippen LogP contribution >= 0.6 is 0 Å². The minimum Gasteiger partial charge on any atom is -0.338 e. The first kappa shape index (κ1) is 28.5. The molecule has 2 amide bonds. The van der Waals surface area contributed by atoms with Gasteiger partial charge in [0.2, 0.25) is 11.8 Å². The first-order valence-corrected chi connectivity index (χ1v) is 15.9. The van der Waals surface area contributed by atoms with Crippen molar-refractivity contribution < 1.29 is 9.59 Å². The first-order valence-electron chi connectivity index (χ1n) is 15.9. The summed E-state index contributed by atoms with van der Waals surface area (Å²) in [7, 11) is 3.65. The monoisotopic (exact) mass is 616 g/mol. The number of aromatic nitrogens is 6. The molecule has 12 heteroatoms. The Hall–Kier alpha value is -4.97. The number of likely N-dealkylation sites (tertiary alicyclic amines) is 1. The Kier molecular flexibility index (Phi) is 6.89. The van der Waals surface area contributed by atoms with E-state index in [1.54, 1.807) is 24.3 Å². The molecule has 0 bridgehead atoms. The molecule has 2 saturated heterocycles. The molecule has 8 rings (SSSR count). The molecule has 0 N–H and O–H groups in total. The molecule has 4 aromatic rings. The van der Waals surface area contributed by atoms with E-state index >= 15 is 0 Å². The Morgan fingerprint density at radius 3 is 2.54 bits per heavy atom. The second-order valence-electron chi connectivity index (χ2n) is 12.8. The lowest BCUT2D eigenvalue weighted by atomic mass is 9.85. The summed E-state index contributed by atoms with van der Waals surface area (Å²) in [5.74, 6) is 1.000. The summed E-state index contributed by atoms with van der Waals surface area (Å²) in [6, 6.07) is 14.5. The molecule has 2 aromatic carbocycles. The molecular weight excluding hydrogens is 580 g/mol. The lowest BCUT2D eigenvalue weighted by molar-refractivity contribution is -0.132. The maximum absolute atomic E-state index is 13.9. The highest BCUT2D eigenvalue weighted by Crippen LogP contribution is 2.43. The van der Waals surface area contributed by atoms with E-state index in [1.165, 1.54) is 10.4 Å². The molecule has 4 aliphatic heterocycles. The van der Waals surface area contributed by atoms with Crippen molar-refractivity contribution in [1.82, 2.24) is 39.6 Å². The fraction of sp³-hybridized carbons (Fsp3) is 0.382. The van der Waals surface area contributed by atoms with Crippen LogP contribution in [0.25, 0.3) is 17.0 Å². The maximum Gasteiger partial charge on any atom is 0.237 e. The fourth-order valence-electron chi connectivity index (χ4n) is 7.31. The molecule has 12 nitrogen and oxygen atoms in total. The number of amides is 2. The van der Waals surface area contributed by atoms with Gasteiger partial charge < -0.3 is 9.80 Å². The summed E-state index contributed by atoms with van der Waals surface area (Å²) in [5, 5.41) is 13.0. The van der Waals surface area contributed by atoms with Gasteiger partial charge in [-0.25, -0.2) is 4.98 Å². The maximum atomic E-state index is 13.9. The fourth-order valence-corrected chi connectivity index (χ4v) is 7.31. The second kappa shape index (κ2) is 11.1. The minimum atomic E-state index is -0.437. The summed E-state index contributed by atoms with van der Waals surface area (Å²) < 4.78 is 1.70. The Balaban J connectivity index is 0.882. The number of carbonyl (C=O) groups excluding carboxylic acids is 2. The summed E-state index contributed by atoms with van der Waals surface area (Å²) in [6.07, 6.45) is 7.98. The average Bonchev–Trinajstić information content (AvgIpc) is 3.91. The van der Waals surface area contributed by atoms with Crippen LogP contribution in [0.5, 0.6) is 0 Å². The zero-order valence-corrected chi connectivity index (χ0v) is 26.1. The molecule has 6 heterocycles. The number of hydrogen-bond acceptors (Lipinski definition) is 8. The van der Waals surface area contributed by atoms with Crippen LogP contribution in [0.3, 0.4) is 0 Å². The second-order valence-corrected chi connectivity index (χ2v) is 12.8. The van der Waals surface area contributed by atoms with E-state index in [-0.39, 0.29) is 11.8 Å². The lowest BCUT2D eigenvalue weighted by Gasteiger charge is -2.29. The smallest absolute Gasteiger partial charge is 0.237 e. The molecule has 1 spiro atoms. The predicted octanol–water partition coefficient (Wildman–Crippen LogP) is 2.71. The van der Waals surface area contributed by atoms with Gasteiger partial charge >= 0.3 is 0 Å². The van der Waals surface area contributed by atoms with Crippen LogP contribution in [-0.4, -0.2) is 96.4 Å². The summed E-state index contributed by atoms with van der Waals surface area (Å²) in [4.78, 5) is 43.9. The van der Waals surface area contributed by atoms with E-state index in [1.807, 2.05) is 35.0 Å². The Morgan fingerprint density at radius 1 is 0.978 bits per heavy atom. The number of aliphatic imine (C=N–C) groups is 1. The highest BCUT2D eigenvalue weighted by Gasteiger charge is 2.51. The molecule has 1 atom stereocenters. The van der Waals surface area contributed by atoms with Crippen LogP contribution in [0.2, 0.25) is 0 Å². The van der Waals surface area contributed by atoms with E-state index in [0.717, 1.165) is 65.2 Å². The molecule has 0 aliphatic carbocycles. The van der Waals surface area contributed by atoms with Gasteiger partial charge in [-0.3, -0.25) is 24.2 Å². The molecule has 46 heavy (non-hydrogen) atoms. The standard InChI is InChI=1S/C34H36N10O2/c1-40-22-36-32(39-40)25-5-3-23(4-6-25)24-9-13-43(14-10-24)30(45)20-42-15-11-34(21-42)12-16-44(33(34)46)27-8-7-26-18-35-31(28(26)17-27)29-19-37-41(2)38-29/h3-9,17,19,22H,10-16,18,20-21H2,1-2H3/t34-/m0/s1. The third-order valence-electron chi connectivity index (χ3n) is 9.89.